The maximum atomic E-state index is 11.1. The molecule has 1 aliphatic heterocycles. The molecular weight excluding hydrogens is 184 g/mol. The zero-order valence-electron chi connectivity index (χ0n) is 7.90. The standard InChI is InChI=1S/C9H14N2O3/c12-8(4-5-9(13)14)10-11-6-2-1-3-7-11/h4-5H,1-3,6-7H2,(H,10,12)(H,13,14)/b5-4+. The molecule has 1 aliphatic rings. The number of rotatable bonds is 3. The van der Waals surface area contributed by atoms with Gasteiger partial charge in [0.1, 0.15) is 0 Å². The predicted octanol–water partition coefficient (Wildman–Crippen LogP) is 0.144. The Balaban J connectivity index is 2.28. The van der Waals surface area contributed by atoms with E-state index < -0.39 is 5.97 Å². The molecule has 0 radical (unpaired) electrons. The van der Waals surface area contributed by atoms with Crippen LogP contribution in [0, 0.1) is 0 Å². The lowest BCUT2D eigenvalue weighted by Gasteiger charge is -2.26. The van der Waals surface area contributed by atoms with E-state index in [1.165, 1.54) is 6.42 Å². The highest BCUT2D eigenvalue weighted by Crippen LogP contribution is 2.05. The second kappa shape index (κ2) is 5.39. The van der Waals surface area contributed by atoms with Crippen molar-refractivity contribution in [2.75, 3.05) is 13.1 Å². The summed E-state index contributed by atoms with van der Waals surface area (Å²) < 4.78 is 0. The third-order valence-electron chi connectivity index (χ3n) is 2.00. The highest BCUT2D eigenvalue weighted by atomic mass is 16.4. The van der Waals surface area contributed by atoms with E-state index in [4.69, 9.17) is 5.11 Å². The summed E-state index contributed by atoms with van der Waals surface area (Å²) in [7, 11) is 0. The Bertz CT molecular complexity index is 244. The number of carboxylic acids is 1. The quantitative estimate of drug-likeness (QED) is 0.633. The first-order valence-corrected chi connectivity index (χ1v) is 4.65. The van der Waals surface area contributed by atoms with Gasteiger partial charge in [-0.25, -0.2) is 9.80 Å². The van der Waals surface area contributed by atoms with E-state index in [1.54, 1.807) is 0 Å². The molecule has 0 unspecified atom stereocenters. The number of nitrogens with zero attached hydrogens (tertiary/aromatic N) is 1. The van der Waals surface area contributed by atoms with Gasteiger partial charge < -0.3 is 5.11 Å². The van der Waals surface area contributed by atoms with Gasteiger partial charge >= 0.3 is 5.97 Å². The molecule has 78 valence electrons. The van der Waals surface area contributed by atoms with Crippen LogP contribution in [0.4, 0.5) is 0 Å². The number of carbonyl (C=O) groups is 2. The minimum atomic E-state index is -1.11. The van der Waals surface area contributed by atoms with Gasteiger partial charge in [0, 0.05) is 25.2 Å². The fourth-order valence-corrected chi connectivity index (χ4v) is 1.35. The van der Waals surface area contributed by atoms with E-state index >= 15 is 0 Å². The predicted molar refractivity (Wildman–Crippen MR) is 50.3 cm³/mol. The summed E-state index contributed by atoms with van der Waals surface area (Å²) in [5.41, 5.74) is 2.62. The Morgan fingerprint density at radius 2 is 1.79 bits per heavy atom. The number of carboxylic acid groups (broad SMARTS) is 1. The molecule has 0 atom stereocenters. The van der Waals surface area contributed by atoms with Gasteiger partial charge in [-0.2, -0.15) is 0 Å². The van der Waals surface area contributed by atoms with Crippen molar-refractivity contribution in [3.05, 3.63) is 12.2 Å². The SMILES string of the molecule is O=C(O)/C=C/C(=O)NN1CCCCC1. The Labute approximate surface area is 82.4 Å². The lowest BCUT2D eigenvalue weighted by molar-refractivity contribution is -0.132. The number of carbonyl (C=O) groups excluding carboxylic acids is 1. The van der Waals surface area contributed by atoms with Crippen LogP contribution in [0.25, 0.3) is 0 Å². The van der Waals surface area contributed by atoms with E-state index in [0.29, 0.717) is 0 Å². The number of nitrogens with one attached hydrogen (secondary N) is 1. The third kappa shape index (κ3) is 4.04. The van der Waals surface area contributed by atoms with Crippen molar-refractivity contribution in [3.8, 4) is 0 Å². The van der Waals surface area contributed by atoms with Gasteiger partial charge in [0.15, 0.2) is 0 Å². The molecule has 0 spiro atoms. The van der Waals surface area contributed by atoms with Crippen molar-refractivity contribution in [3.63, 3.8) is 0 Å². The molecular formula is C9H14N2O3. The zero-order chi connectivity index (χ0) is 10.4. The van der Waals surface area contributed by atoms with Crippen LogP contribution in [0.15, 0.2) is 12.2 Å². The van der Waals surface area contributed by atoms with Crippen LogP contribution in [-0.4, -0.2) is 35.1 Å². The van der Waals surface area contributed by atoms with Gasteiger partial charge in [0.05, 0.1) is 0 Å². The molecule has 5 nitrogen and oxygen atoms in total. The van der Waals surface area contributed by atoms with Gasteiger partial charge in [-0.1, -0.05) is 6.42 Å². The first-order valence-electron chi connectivity index (χ1n) is 4.65. The minimum Gasteiger partial charge on any atom is -0.478 e. The average Bonchev–Trinajstić information content (AvgIpc) is 2.16. The van der Waals surface area contributed by atoms with E-state index in [1.807, 2.05) is 5.01 Å². The second-order valence-corrected chi connectivity index (χ2v) is 3.20. The molecule has 1 heterocycles. The van der Waals surface area contributed by atoms with Crippen LogP contribution in [-0.2, 0) is 9.59 Å². The van der Waals surface area contributed by atoms with Gasteiger partial charge in [-0.3, -0.25) is 10.2 Å². The lowest BCUT2D eigenvalue weighted by atomic mass is 10.2. The number of hydrogen-bond donors (Lipinski definition) is 2. The number of piperidine rings is 1. The van der Waals surface area contributed by atoms with Crippen molar-refractivity contribution in [1.82, 2.24) is 10.4 Å². The maximum absolute atomic E-state index is 11.1. The number of hydrogen-bond acceptors (Lipinski definition) is 3. The first kappa shape index (κ1) is 10.7. The topological polar surface area (TPSA) is 69.6 Å². The minimum absolute atomic E-state index is 0.380. The van der Waals surface area contributed by atoms with E-state index in [2.05, 4.69) is 5.43 Å². The molecule has 1 rings (SSSR count). The molecule has 0 aromatic rings. The first-order chi connectivity index (χ1) is 6.68. The molecule has 14 heavy (non-hydrogen) atoms. The van der Waals surface area contributed by atoms with Crippen molar-refractivity contribution in [1.29, 1.82) is 0 Å². The summed E-state index contributed by atoms with van der Waals surface area (Å²) in [5.74, 6) is -1.49. The fourth-order valence-electron chi connectivity index (χ4n) is 1.35. The van der Waals surface area contributed by atoms with Gasteiger partial charge in [-0.05, 0) is 12.8 Å². The Morgan fingerprint density at radius 1 is 1.14 bits per heavy atom. The molecule has 0 aliphatic carbocycles. The van der Waals surface area contributed by atoms with Crippen molar-refractivity contribution in [2.24, 2.45) is 0 Å². The average molecular weight is 198 g/mol. The fraction of sp³-hybridized carbons (Fsp3) is 0.556. The monoisotopic (exact) mass is 198 g/mol. The van der Waals surface area contributed by atoms with Crippen LogP contribution >= 0.6 is 0 Å². The van der Waals surface area contributed by atoms with Crippen LogP contribution in [0.5, 0.6) is 0 Å². The summed E-state index contributed by atoms with van der Waals surface area (Å²) in [4.78, 5) is 21.2. The van der Waals surface area contributed by atoms with Gasteiger partial charge in [-0.15, -0.1) is 0 Å². The van der Waals surface area contributed by atoms with E-state index in [9.17, 15) is 9.59 Å². The maximum Gasteiger partial charge on any atom is 0.328 e. The Morgan fingerprint density at radius 3 is 2.36 bits per heavy atom. The summed E-state index contributed by atoms with van der Waals surface area (Å²) >= 11 is 0. The van der Waals surface area contributed by atoms with Gasteiger partial charge in [0.2, 0.25) is 0 Å². The zero-order valence-corrected chi connectivity index (χ0v) is 7.90. The lowest BCUT2D eigenvalue weighted by Crippen LogP contribution is -2.44. The van der Waals surface area contributed by atoms with Crippen molar-refractivity contribution >= 4 is 11.9 Å². The molecule has 5 heteroatoms. The van der Waals surface area contributed by atoms with E-state index in [0.717, 1.165) is 38.1 Å². The summed E-state index contributed by atoms with van der Waals surface area (Å²) in [6.07, 6.45) is 5.19. The number of aliphatic carboxylic acids is 1. The molecule has 0 aromatic heterocycles. The summed E-state index contributed by atoms with van der Waals surface area (Å²) in [5, 5.41) is 10.1. The Kier molecular flexibility index (Phi) is 4.12. The molecule has 0 bridgehead atoms. The number of amides is 1. The smallest absolute Gasteiger partial charge is 0.328 e. The molecule has 1 saturated heterocycles. The summed E-state index contributed by atoms with van der Waals surface area (Å²) in [6, 6.07) is 0. The molecule has 1 fully saturated rings. The molecule has 1 amide bonds. The summed E-state index contributed by atoms with van der Waals surface area (Å²) in [6.45, 7) is 1.68. The second-order valence-electron chi connectivity index (χ2n) is 3.20. The van der Waals surface area contributed by atoms with Crippen molar-refractivity contribution in [2.45, 2.75) is 19.3 Å². The highest BCUT2D eigenvalue weighted by Gasteiger charge is 2.10. The van der Waals surface area contributed by atoms with Gasteiger partial charge in [0.25, 0.3) is 5.91 Å². The number of hydrazine groups is 1. The Hall–Kier alpha value is -1.36. The molecule has 0 saturated carbocycles. The molecule has 2 N–H and O–H groups in total. The highest BCUT2D eigenvalue weighted by molar-refractivity contribution is 5.93. The van der Waals surface area contributed by atoms with Crippen molar-refractivity contribution < 1.29 is 14.7 Å². The van der Waals surface area contributed by atoms with Crippen LogP contribution < -0.4 is 5.43 Å². The third-order valence-corrected chi connectivity index (χ3v) is 2.00. The molecule has 0 aromatic carbocycles. The largest absolute Gasteiger partial charge is 0.478 e. The van der Waals surface area contributed by atoms with E-state index in [-0.39, 0.29) is 5.91 Å². The normalized spacial score (nSPS) is 18.3. The van der Waals surface area contributed by atoms with Crippen LogP contribution in [0.1, 0.15) is 19.3 Å². The van der Waals surface area contributed by atoms with Crippen LogP contribution in [0.2, 0.25) is 0 Å². The van der Waals surface area contributed by atoms with Crippen LogP contribution in [0.3, 0.4) is 0 Å².